The Kier molecular flexibility index (Phi) is 4.34. The second-order valence-corrected chi connectivity index (χ2v) is 9.37. The number of piperazine rings is 1. The van der Waals surface area contributed by atoms with Crippen LogP contribution in [-0.2, 0) is 10.0 Å². The molecule has 122 valence electrons. The molecule has 0 radical (unpaired) electrons. The van der Waals surface area contributed by atoms with Gasteiger partial charge in [0.05, 0.1) is 6.26 Å². The molecule has 1 N–H and O–H groups in total. The molecule has 0 aromatic heterocycles. The van der Waals surface area contributed by atoms with Gasteiger partial charge >= 0.3 is 0 Å². The van der Waals surface area contributed by atoms with Gasteiger partial charge in [-0.05, 0) is 44.4 Å². The Morgan fingerprint density at radius 1 is 1.24 bits per heavy atom. The van der Waals surface area contributed by atoms with Gasteiger partial charge in [0.2, 0.25) is 10.0 Å². The van der Waals surface area contributed by atoms with Gasteiger partial charge in [-0.25, -0.2) is 12.7 Å². The first kappa shape index (κ1) is 15.7. The maximum atomic E-state index is 11.8. The zero-order valence-corrected chi connectivity index (χ0v) is 14.2. The van der Waals surface area contributed by atoms with Crippen LogP contribution < -0.4 is 5.32 Å². The van der Waals surface area contributed by atoms with E-state index in [1.807, 2.05) is 0 Å². The summed E-state index contributed by atoms with van der Waals surface area (Å²) in [5.41, 5.74) is 0.283. The molecule has 1 aliphatic carbocycles. The number of nitrogens with zero attached hydrogens (tertiary/aromatic N) is 2. The van der Waals surface area contributed by atoms with Crippen LogP contribution in [0.4, 0.5) is 0 Å². The Labute approximate surface area is 129 Å². The third kappa shape index (κ3) is 3.44. The molecule has 2 heterocycles. The first-order chi connectivity index (χ1) is 9.89. The van der Waals surface area contributed by atoms with E-state index in [4.69, 9.17) is 0 Å². The van der Waals surface area contributed by atoms with Gasteiger partial charge in [0.1, 0.15) is 0 Å². The van der Waals surface area contributed by atoms with Crippen molar-refractivity contribution < 1.29 is 8.42 Å². The molecule has 6 heteroatoms. The van der Waals surface area contributed by atoms with Crippen LogP contribution in [0.3, 0.4) is 0 Å². The first-order valence-electron chi connectivity index (χ1n) is 8.30. The van der Waals surface area contributed by atoms with E-state index in [2.05, 4.69) is 17.1 Å². The molecule has 2 unspecified atom stereocenters. The van der Waals surface area contributed by atoms with Crippen LogP contribution in [0.5, 0.6) is 0 Å². The molecule has 3 fully saturated rings. The molecule has 21 heavy (non-hydrogen) atoms. The lowest BCUT2D eigenvalue weighted by atomic mass is 9.88. The molecule has 0 bridgehead atoms. The summed E-state index contributed by atoms with van der Waals surface area (Å²) < 4.78 is 25.2. The minimum atomic E-state index is -3.03. The molecule has 0 amide bonds. The third-order valence-electron chi connectivity index (χ3n) is 5.65. The molecule has 0 aromatic rings. The Morgan fingerprint density at radius 2 is 2.00 bits per heavy atom. The summed E-state index contributed by atoms with van der Waals surface area (Å²) in [4.78, 5) is 2.65. The van der Waals surface area contributed by atoms with Crippen molar-refractivity contribution in [1.29, 1.82) is 0 Å². The van der Waals surface area contributed by atoms with Crippen LogP contribution in [0.25, 0.3) is 0 Å². The Balaban J connectivity index is 1.64. The van der Waals surface area contributed by atoms with Crippen LogP contribution in [0, 0.1) is 11.8 Å². The lowest BCUT2D eigenvalue weighted by Gasteiger charge is -2.48. The zero-order chi connectivity index (χ0) is 15.1. The molecule has 3 rings (SSSR count). The van der Waals surface area contributed by atoms with Crippen molar-refractivity contribution in [2.45, 2.75) is 38.1 Å². The van der Waals surface area contributed by atoms with E-state index in [1.165, 1.54) is 19.1 Å². The molecular formula is C15H29N3O2S. The van der Waals surface area contributed by atoms with Crippen molar-refractivity contribution in [1.82, 2.24) is 14.5 Å². The number of piperidine rings is 1. The number of hydrogen-bond donors (Lipinski definition) is 1. The highest BCUT2D eigenvalue weighted by atomic mass is 32.2. The maximum absolute atomic E-state index is 11.8. The van der Waals surface area contributed by atoms with Crippen LogP contribution in [0.1, 0.15) is 32.6 Å². The Morgan fingerprint density at radius 3 is 2.67 bits per heavy atom. The summed E-state index contributed by atoms with van der Waals surface area (Å²) in [6.07, 6.45) is 6.22. The summed E-state index contributed by atoms with van der Waals surface area (Å²) in [5, 5.41) is 3.55. The van der Waals surface area contributed by atoms with E-state index >= 15 is 0 Å². The normalized spacial score (nSPS) is 36.8. The van der Waals surface area contributed by atoms with Gasteiger partial charge in [0.25, 0.3) is 0 Å². The number of sulfonamides is 1. The SMILES string of the molecule is CC1(C2CC2)CNCCN1CC1CCCN(S(C)(=O)=O)C1. The summed E-state index contributed by atoms with van der Waals surface area (Å²) in [6.45, 7) is 8.11. The Hall–Kier alpha value is -0.170. The molecule has 0 aromatic carbocycles. The number of nitrogens with one attached hydrogen (secondary N) is 1. The predicted octanol–water partition coefficient (Wildman–Crippen LogP) is 0.732. The average Bonchev–Trinajstić information content (AvgIpc) is 3.26. The van der Waals surface area contributed by atoms with E-state index in [0.717, 1.165) is 44.9 Å². The van der Waals surface area contributed by atoms with Crippen LogP contribution in [0.2, 0.25) is 0 Å². The largest absolute Gasteiger partial charge is 0.314 e. The number of hydrogen-bond acceptors (Lipinski definition) is 4. The van der Waals surface area contributed by atoms with E-state index in [1.54, 1.807) is 4.31 Å². The van der Waals surface area contributed by atoms with Crippen molar-refractivity contribution in [3.8, 4) is 0 Å². The van der Waals surface area contributed by atoms with Crippen molar-refractivity contribution in [3.63, 3.8) is 0 Å². The van der Waals surface area contributed by atoms with E-state index in [0.29, 0.717) is 19.0 Å². The Bertz CT molecular complexity index is 477. The second kappa shape index (κ2) is 5.80. The highest BCUT2D eigenvalue weighted by Crippen LogP contribution is 2.44. The van der Waals surface area contributed by atoms with Crippen molar-refractivity contribution in [2.24, 2.45) is 11.8 Å². The van der Waals surface area contributed by atoms with Gasteiger partial charge in [-0.2, -0.15) is 0 Å². The van der Waals surface area contributed by atoms with Gasteiger partial charge < -0.3 is 5.32 Å². The zero-order valence-electron chi connectivity index (χ0n) is 13.3. The molecule has 3 aliphatic rings. The van der Waals surface area contributed by atoms with Crippen molar-refractivity contribution >= 4 is 10.0 Å². The highest BCUT2D eigenvalue weighted by Gasteiger charge is 2.47. The fourth-order valence-corrected chi connectivity index (χ4v) is 5.06. The summed E-state index contributed by atoms with van der Waals surface area (Å²) in [5.74, 6) is 1.32. The molecule has 1 saturated carbocycles. The predicted molar refractivity (Wildman–Crippen MR) is 84.7 cm³/mol. The average molecular weight is 315 g/mol. The third-order valence-corrected chi connectivity index (χ3v) is 6.92. The smallest absolute Gasteiger partial charge is 0.211 e. The van der Waals surface area contributed by atoms with E-state index in [9.17, 15) is 8.42 Å². The quantitative estimate of drug-likeness (QED) is 0.831. The lowest BCUT2D eigenvalue weighted by molar-refractivity contribution is 0.0328. The highest BCUT2D eigenvalue weighted by molar-refractivity contribution is 7.88. The second-order valence-electron chi connectivity index (χ2n) is 7.38. The van der Waals surface area contributed by atoms with Crippen LogP contribution in [-0.4, -0.2) is 68.7 Å². The summed E-state index contributed by atoms with van der Waals surface area (Å²) in [6, 6.07) is 0. The minimum Gasteiger partial charge on any atom is -0.314 e. The molecule has 2 atom stereocenters. The number of rotatable bonds is 4. The first-order valence-corrected chi connectivity index (χ1v) is 10.2. The van der Waals surface area contributed by atoms with Crippen molar-refractivity contribution in [2.75, 3.05) is 45.5 Å². The van der Waals surface area contributed by atoms with Gasteiger partial charge in [0, 0.05) is 44.8 Å². The van der Waals surface area contributed by atoms with Crippen LogP contribution in [0.15, 0.2) is 0 Å². The maximum Gasteiger partial charge on any atom is 0.211 e. The van der Waals surface area contributed by atoms with Gasteiger partial charge in [-0.15, -0.1) is 0 Å². The fourth-order valence-electron chi connectivity index (χ4n) is 4.12. The standard InChI is InChI=1S/C15H29N3O2S/c1-15(14-5-6-14)12-16-7-9-17(15)10-13-4-3-8-18(11-13)21(2,19)20/h13-14,16H,3-12H2,1-2H3. The van der Waals surface area contributed by atoms with Gasteiger partial charge in [0.15, 0.2) is 0 Å². The van der Waals surface area contributed by atoms with Crippen LogP contribution >= 0.6 is 0 Å². The van der Waals surface area contributed by atoms with Gasteiger partial charge in [-0.1, -0.05) is 0 Å². The molecule has 2 aliphatic heterocycles. The molecule has 0 spiro atoms. The fraction of sp³-hybridized carbons (Fsp3) is 1.00. The minimum absolute atomic E-state index is 0.283. The topological polar surface area (TPSA) is 52.6 Å². The van der Waals surface area contributed by atoms with E-state index in [-0.39, 0.29) is 5.54 Å². The molecule has 2 saturated heterocycles. The van der Waals surface area contributed by atoms with Crippen molar-refractivity contribution in [3.05, 3.63) is 0 Å². The lowest BCUT2D eigenvalue weighted by Crippen LogP contribution is -2.62. The molecule has 5 nitrogen and oxygen atoms in total. The monoisotopic (exact) mass is 315 g/mol. The summed E-state index contributed by atoms with van der Waals surface area (Å²) in [7, 11) is -3.03. The van der Waals surface area contributed by atoms with E-state index < -0.39 is 10.0 Å². The molecular weight excluding hydrogens is 286 g/mol. The van der Waals surface area contributed by atoms with Gasteiger partial charge in [-0.3, -0.25) is 4.90 Å². The summed E-state index contributed by atoms with van der Waals surface area (Å²) >= 11 is 0.